The molecule has 0 aliphatic rings. The maximum atomic E-state index is 8.01. The van der Waals surface area contributed by atoms with Crippen LogP contribution >= 0.6 is 11.8 Å². The number of thioether (sulfide) groups is 1. The van der Waals surface area contributed by atoms with Gasteiger partial charge in [-0.05, 0) is 46.0 Å². The lowest BCUT2D eigenvalue weighted by molar-refractivity contribution is 0.264. The molecule has 0 aliphatic heterocycles. The summed E-state index contributed by atoms with van der Waals surface area (Å²) in [7, 11) is 2.13. The summed E-state index contributed by atoms with van der Waals surface area (Å²) in [5.41, 5.74) is 8.01. The summed E-state index contributed by atoms with van der Waals surface area (Å²) in [5, 5.41) is 0. The fraction of sp³-hybridized carbons (Fsp3) is 0.571. The van der Waals surface area contributed by atoms with E-state index in [9.17, 15) is 0 Å². The maximum absolute atomic E-state index is 8.01. The zero-order valence-corrected chi connectivity index (χ0v) is 11.8. The van der Waals surface area contributed by atoms with E-state index in [0.29, 0.717) is 6.04 Å². The quantitative estimate of drug-likeness (QED) is 0.696. The average molecular weight is 251 g/mol. The zero-order chi connectivity index (χ0) is 12.7. The molecule has 95 valence electrons. The Morgan fingerprint density at radius 2 is 1.88 bits per heavy atom. The summed E-state index contributed by atoms with van der Waals surface area (Å²) in [5.74, 6) is 0.885. The van der Waals surface area contributed by atoms with Crippen molar-refractivity contribution in [3.05, 3.63) is 30.3 Å². The van der Waals surface area contributed by atoms with Crippen molar-refractivity contribution in [1.82, 2.24) is 10.6 Å². The normalized spacial score (nSPS) is 13.3. The van der Waals surface area contributed by atoms with Gasteiger partial charge in [0.2, 0.25) is 0 Å². The van der Waals surface area contributed by atoms with Crippen LogP contribution < -0.4 is 5.73 Å². The molecule has 0 saturated heterocycles. The van der Waals surface area contributed by atoms with Crippen LogP contribution in [0.3, 0.4) is 0 Å². The molecule has 1 aromatic rings. The van der Waals surface area contributed by atoms with Crippen molar-refractivity contribution in [2.24, 2.45) is 0 Å². The van der Waals surface area contributed by atoms with Gasteiger partial charge in [0.15, 0.2) is 0 Å². The Bertz CT molecular complexity index is 300. The van der Waals surface area contributed by atoms with Gasteiger partial charge in [-0.15, -0.1) is 11.8 Å². The first-order chi connectivity index (χ1) is 8.09. The number of nitrogens with zero attached hydrogens (tertiary/aromatic N) is 1. The van der Waals surface area contributed by atoms with Gasteiger partial charge in [0.25, 0.3) is 0 Å². The van der Waals surface area contributed by atoms with Gasteiger partial charge in [0.05, 0.1) is 0 Å². The van der Waals surface area contributed by atoms with E-state index in [2.05, 4.69) is 37.9 Å². The van der Waals surface area contributed by atoms with Crippen LogP contribution in [0.15, 0.2) is 35.2 Å². The van der Waals surface area contributed by atoms with E-state index in [-0.39, 0.29) is 6.04 Å². The number of rotatable bonds is 7. The third kappa shape index (κ3) is 6.10. The van der Waals surface area contributed by atoms with Gasteiger partial charge in [-0.2, -0.15) is 0 Å². The number of benzene rings is 1. The Kier molecular flexibility index (Phi) is 6.63. The molecule has 0 spiro atoms. The second kappa shape index (κ2) is 7.75. The molecule has 1 atom stereocenters. The maximum Gasteiger partial charge on any atom is 0.0319 e. The van der Waals surface area contributed by atoms with Crippen molar-refractivity contribution in [2.75, 3.05) is 19.3 Å². The Labute approximate surface area is 110 Å². The van der Waals surface area contributed by atoms with E-state index >= 15 is 0 Å². The van der Waals surface area contributed by atoms with Gasteiger partial charge in [-0.1, -0.05) is 18.2 Å². The lowest BCUT2D eigenvalue weighted by Gasteiger charge is -2.22. The van der Waals surface area contributed by atoms with Crippen LogP contribution in [0.2, 0.25) is 0 Å². The van der Waals surface area contributed by atoms with Crippen LogP contribution in [0.1, 0.15) is 20.3 Å². The van der Waals surface area contributed by atoms with Crippen LogP contribution in [0, 0.1) is 0 Å². The number of nitrogens with one attached hydrogen (secondary N) is 1. The van der Waals surface area contributed by atoms with Gasteiger partial charge in [-0.25, -0.2) is 0 Å². The van der Waals surface area contributed by atoms with Gasteiger partial charge in [-0.3, -0.25) is 5.73 Å². The van der Waals surface area contributed by atoms with Crippen molar-refractivity contribution in [2.45, 2.75) is 37.2 Å². The fourth-order valence-corrected chi connectivity index (χ4v) is 2.32. The molecule has 1 aromatic carbocycles. The molecule has 1 radical (unpaired) electrons. The summed E-state index contributed by atoms with van der Waals surface area (Å²) in [6, 6.07) is 10.9. The minimum absolute atomic E-state index is 0.0291. The summed E-state index contributed by atoms with van der Waals surface area (Å²) in [6.07, 6.45) is 0.953. The predicted molar refractivity (Wildman–Crippen MR) is 76.4 cm³/mol. The molecular formula is C14H23N2S. The summed E-state index contributed by atoms with van der Waals surface area (Å²) in [6.45, 7) is 5.40. The molecule has 0 aromatic heterocycles. The zero-order valence-electron chi connectivity index (χ0n) is 11.0. The molecule has 0 heterocycles. The van der Waals surface area contributed by atoms with Crippen LogP contribution in [-0.2, 0) is 0 Å². The minimum atomic E-state index is 0.0291. The van der Waals surface area contributed by atoms with Crippen LogP contribution in [-0.4, -0.2) is 36.3 Å². The lowest BCUT2D eigenvalue weighted by atomic mass is 10.2. The summed E-state index contributed by atoms with van der Waals surface area (Å²) < 4.78 is 0. The van der Waals surface area contributed by atoms with E-state index in [1.165, 1.54) is 4.90 Å². The molecule has 3 heteroatoms. The van der Waals surface area contributed by atoms with Gasteiger partial charge >= 0.3 is 0 Å². The molecule has 0 saturated carbocycles. The summed E-state index contributed by atoms with van der Waals surface area (Å²) in [4.78, 5) is 3.57. The van der Waals surface area contributed by atoms with Crippen molar-refractivity contribution in [1.29, 1.82) is 0 Å². The van der Waals surface area contributed by atoms with Crippen molar-refractivity contribution >= 4 is 11.8 Å². The van der Waals surface area contributed by atoms with Crippen LogP contribution in [0.5, 0.6) is 0 Å². The Balaban J connectivity index is 2.19. The molecule has 17 heavy (non-hydrogen) atoms. The lowest BCUT2D eigenvalue weighted by Crippen LogP contribution is -2.30. The molecule has 2 nitrogen and oxygen atoms in total. The summed E-state index contributed by atoms with van der Waals surface area (Å²) >= 11 is 1.78. The Hall–Kier alpha value is -0.510. The smallest absolute Gasteiger partial charge is 0.0319 e. The molecular weight excluding hydrogens is 228 g/mol. The van der Waals surface area contributed by atoms with E-state index in [4.69, 9.17) is 5.73 Å². The SMILES string of the molecule is CC(C)N(C)CC[C@@H]([NH])CSc1ccccc1. The van der Waals surface area contributed by atoms with E-state index in [0.717, 1.165) is 18.7 Å². The third-order valence-corrected chi connectivity index (χ3v) is 4.08. The van der Waals surface area contributed by atoms with Gasteiger partial charge < -0.3 is 4.90 Å². The fourth-order valence-electron chi connectivity index (χ4n) is 1.41. The standard InChI is InChI=1S/C14H23N2S/c1-12(2)16(3)10-9-13(15)11-17-14-7-5-4-6-8-14/h4-8,12-13,15H,9-11H2,1-3H3/t13-/m1/s1. The second-order valence-electron chi connectivity index (χ2n) is 4.68. The largest absolute Gasteiger partial charge is 0.304 e. The highest BCUT2D eigenvalue weighted by molar-refractivity contribution is 7.99. The molecule has 0 amide bonds. The Morgan fingerprint density at radius 1 is 1.24 bits per heavy atom. The van der Waals surface area contributed by atoms with Crippen molar-refractivity contribution in [3.63, 3.8) is 0 Å². The molecule has 0 unspecified atom stereocenters. The Morgan fingerprint density at radius 3 is 2.47 bits per heavy atom. The van der Waals surface area contributed by atoms with E-state index in [1.807, 2.05) is 18.2 Å². The second-order valence-corrected chi connectivity index (χ2v) is 5.78. The average Bonchev–Trinajstić information content (AvgIpc) is 2.34. The van der Waals surface area contributed by atoms with E-state index in [1.54, 1.807) is 11.8 Å². The number of hydrogen-bond donors (Lipinski definition) is 0. The van der Waals surface area contributed by atoms with Crippen molar-refractivity contribution < 1.29 is 0 Å². The minimum Gasteiger partial charge on any atom is -0.304 e. The predicted octanol–water partition coefficient (Wildman–Crippen LogP) is 3.16. The molecule has 0 aliphatic carbocycles. The van der Waals surface area contributed by atoms with Crippen molar-refractivity contribution in [3.8, 4) is 0 Å². The highest BCUT2D eigenvalue weighted by atomic mass is 32.2. The first-order valence-corrected chi connectivity index (χ1v) is 7.17. The first kappa shape index (κ1) is 14.6. The van der Waals surface area contributed by atoms with Crippen LogP contribution in [0.25, 0.3) is 0 Å². The highest BCUT2D eigenvalue weighted by Crippen LogP contribution is 2.18. The van der Waals surface area contributed by atoms with E-state index < -0.39 is 0 Å². The molecule has 1 N–H and O–H groups in total. The van der Waals surface area contributed by atoms with Gasteiger partial charge in [0.1, 0.15) is 0 Å². The monoisotopic (exact) mass is 251 g/mol. The van der Waals surface area contributed by atoms with Gasteiger partial charge in [0, 0.05) is 22.7 Å². The first-order valence-electron chi connectivity index (χ1n) is 6.18. The number of hydrogen-bond acceptors (Lipinski definition) is 2. The topological polar surface area (TPSA) is 27.0 Å². The molecule has 0 bridgehead atoms. The van der Waals surface area contributed by atoms with Crippen LogP contribution in [0.4, 0.5) is 0 Å². The highest BCUT2D eigenvalue weighted by Gasteiger charge is 2.08. The molecule has 1 rings (SSSR count). The third-order valence-electron chi connectivity index (χ3n) is 2.91. The molecule has 0 fully saturated rings.